The fourth-order valence-electron chi connectivity index (χ4n) is 1.77. The van der Waals surface area contributed by atoms with Crippen LogP contribution < -0.4 is 9.44 Å². The molecule has 0 heterocycles. The molecule has 0 aliphatic rings. The molecule has 0 saturated carbocycles. The topological polar surface area (TPSA) is 92.3 Å². The van der Waals surface area contributed by atoms with E-state index in [1.807, 2.05) is 4.72 Å². The van der Waals surface area contributed by atoms with Crippen LogP contribution in [0.2, 0.25) is 0 Å². The van der Waals surface area contributed by atoms with Gasteiger partial charge >= 0.3 is 0 Å². The fourth-order valence-corrected chi connectivity index (χ4v) is 3.53. The molecule has 2 aromatic rings. The first-order chi connectivity index (χ1) is 10.6. The Hall–Kier alpha value is -2.20. The summed E-state index contributed by atoms with van der Waals surface area (Å²) < 4.78 is 77.6. The average Bonchev–Trinajstić information content (AvgIpc) is 2.38. The summed E-state index contributed by atoms with van der Waals surface area (Å²) in [5, 5.41) is 0. The van der Waals surface area contributed by atoms with Gasteiger partial charge in [-0.1, -0.05) is 6.07 Å². The van der Waals surface area contributed by atoms with E-state index in [1.54, 1.807) is 0 Å². The molecule has 0 bridgehead atoms. The van der Waals surface area contributed by atoms with Crippen LogP contribution in [-0.4, -0.2) is 23.1 Å². The van der Waals surface area contributed by atoms with Gasteiger partial charge in [0.2, 0.25) is 10.0 Å². The van der Waals surface area contributed by atoms with Crippen molar-refractivity contribution in [2.75, 3.05) is 15.7 Å². The van der Waals surface area contributed by atoms with Crippen molar-refractivity contribution in [3.05, 3.63) is 54.1 Å². The first kappa shape index (κ1) is 17.2. The molecule has 0 saturated heterocycles. The van der Waals surface area contributed by atoms with Crippen molar-refractivity contribution < 1.29 is 25.6 Å². The number of hydrogen-bond acceptors (Lipinski definition) is 4. The Balaban J connectivity index is 2.28. The second-order valence-corrected chi connectivity index (χ2v) is 7.98. The third-order valence-corrected chi connectivity index (χ3v) is 4.67. The molecule has 0 unspecified atom stereocenters. The van der Waals surface area contributed by atoms with E-state index in [2.05, 4.69) is 4.72 Å². The highest BCUT2D eigenvalue weighted by atomic mass is 32.2. The first-order valence-corrected chi connectivity index (χ1v) is 9.51. The smallest absolute Gasteiger partial charge is 0.267 e. The quantitative estimate of drug-likeness (QED) is 0.852. The Labute approximate surface area is 132 Å². The van der Waals surface area contributed by atoms with E-state index >= 15 is 0 Å². The summed E-state index contributed by atoms with van der Waals surface area (Å²) in [5.41, 5.74) is 0.235. The molecule has 124 valence electrons. The maximum atomic E-state index is 13.6. The van der Waals surface area contributed by atoms with Gasteiger partial charge in [0.15, 0.2) is 4.90 Å². The van der Waals surface area contributed by atoms with E-state index in [0.29, 0.717) is 0 Å². The minimum absolute atomic E-state index is 0.0201. The van der Waals surface area contributed by atoms with Gasteiger partial charge < -0.3 is 0 Å². The van der Waals surface area contributed by atoms with Crippen LogP contribution in [0.4, 0.5) is 20.2 Å². The second kappa shape index (κ2) is 6.13. The molecule has 2 aromatic carbocycles. The normalized spacial score (nSPS) is 12.0. The maximum absolute atomic E-state index is 13.6. The predicted molar refractivity (Wildman–Crippen MR) is 82.1 cm³/mol. The molecule has 0 aromatic heterocycles. The molecule has 10 heteroatoms. The summed E-state index contributed by atoms with van der Waals surface area (Å²) in [7, 11) is -7.93. The molecule has 0 amide bonds. The Morgan fingerprint density at radius 3 is 1.65 bits per heavy atom. The van der Waals surface area contributed by atoms with Crippen LogP contribution in [0, 0.1) is 11.6 Å². The Kier molecular flexibility index (Phi) is 4.57. The number of rotatable bonds is 5. The molecule has 0 aliphatic heterocycles. The highest BCUT2D eigenvalue weighted by molar-refractivity contribution is 7.92. The van der Waals surface area contributed by atoms with Gasteiger partial charge in [-0.05, 0) is 36.4 Å². The van der Waals surface area contributed by atoms with Gasteiger partial charge in [-0.25, -0.2) is 25.6 Å². The SMILES string of the molecule is CS(=O)(=O)Nc1ccc(NS(=O)(=O)c2c(F)cccc2F)cc1. The summed E-state index contributed by atoms with van der Waals surface area (Å²) in [5.74, 6) is -2.43. The van der Waals surface area contributed by atoms with Gasteiger partial charge in [0, 0.05) is 11.4 Å². The summed E-state index contributed by atoms with van der Waals surface area (Å²) in [4.78, 5) is -1.08. The predicted octanol–water partition coefficient (Wildman–Crippen LogP) is 2.14. The lowest BCUT2D eigenvalue weighted by Gasteiger charge is -2.10. The fraction of sp³-hybridized carbons (Fsp3) is 0.0769. The maximum Gasteiger partial charge on any atom is 0.267 e. The minimum Gasteiger partial charge on any atom is -0.284 e. The van der Waals surface area contributed by atoms with Crippen LogP contribution in [0.3, 0.4) is 0 Å². The molecular formula is C13H12F2N2O4S2. The number of halogens is 2. The number of nitrogens with one attached hydrogen (secondary N) is 2. The van der Waals surface area contributed by atoms with Crippen LogP contribution in [0.15, 0.2) is 47.4 Å². The molecule has 0 aliphatic carbocycles. The van der Waals surface area contributed by atoms with E-state index in [-0.39, 0.29) is 11.4 Å². The number of benzene rings is 2. The highest BCUT2D eigenvalue weighted by Gasteiger charge is 2.23. The van der Waals surface area contributed by atoms with Gasteiger partial charge in [0.25, 0.3) is 10.0 Å². The number of sulfonamides is 2. The van der Waals surface area contributed by atoms with Crippen LogP contribution in [-0.2, 0) is 20.0 Å². The largest absolute Gasteiger partial charge is 0.284 e. The lowest BCUT2D eigenvalue weighted by Crippen LogP contribution is -2.16. The second-order valence-electron chi connectivity index (χ2n) is 4.61. The van der Waals surface area contributed by atoms with Crippen LogP contribution in [0.25, 0.3) is 0 Å². The van der Waals surface area contributed by atoms with Crippen LogP contribution >= 0.6 is 0 Å². The van der Waals surface area contributed by atoms with Gasteiger partial charge in [-0.2, -0.15) is 0 Å². The molecule has 0 radical (unpaired) electrons. The zero-order chi connectivity index (χ0) is 17.3. The Morgan fingerprint density at radius 1 is 0.783 bits per heavy atom. The van der Waals surface area contributed by atoms with Crippen molar-refractivity contribution in [1.29, 1.82) is 0 Å². The molecular weight excluding hydrogens is 350 g/mol. The number of anilines is 2. The van der Waals surface area contributed by atoms with Crippen molar-refractivity contribution in [3.8, 4) is 0 Å². The van der Waals surface area contributed by atoms with Crippen LogP contribution in [0.5, 0.6) is 0 Å². The summed E-state index contributed by atoms with van der Waals surface area (Å²) in [6, 6.07) is 7.82. The lowest BCUT2D eigenvalue weighted by molar-refractivity contribution is 0.521. The highest BCUT2D eigenvalue weighted by Crippen LogP contribution is 2.22. The van der Waals surface area contributed by atoms with Crippen molar-refractivity contribution in [2.45, 2.75) is 4.90 Å². The van der Waals surface area contributed by atoms with E-state index < -0.39 is 36.6 Å². The summed E-state index contributed by atoms with van der Waals surface area (Å²) in [6.07, 6.45) is 0.963. The molecule has 0 atom stereocenters. The third kappa shape index (κ3) is 4.39. The van der Waals surface area contributed by atoms with Crippen molar-refractivity contribution in [1.82, 2.24) is 0 Å². The van der Waals surface area contributed by atoms with Crippen LogP contribution in [0.1, 0.15) is 0 Å². The molecule has 6 nitrogen and oxygen atoms in total. The van der Waals surface area contributed by atoms with Crippen molar-refractivity contribution >= 4 is 31.4 Å². The van der Waals surface area contributed by atoms with E-state index in [0.717, 1.165) is 24.5 Å². The Morgan fingerprint density at radius 2 is 1.22 bits per heavy atom. The zero-order valence-electron chi connectivity index (χ0n) is 11.7. The summed E-state index contributed by atoms with van der Waals surface area (Å²) >= 11 is 0. The third-order valence-electron chi connectivity index (χ3n) is 2.63. The van der Waals surface area contributed by atoms with E-state index in [1.165, 1.54) is 24.3 Å². The van der Waals surface area contributed by atoms with Gasteiger partial charge in [-0.3, -0.25) is 9.44 Å². The molecule has 0 spiro atoms. The lowest BCUT2D eigenvalue weighted by atomic mass is 10.3. The molecule has 0 fully saturated rings. The standard InChI is InChI=1S/C13H12F2N2O4S2/c1-22(18,19)16-9-5-7-10(8-6-9)17-23(20,21)13-11(14)3-2-4-12(13)15/h2-8,16-17H,1H3. The van der Waals surface area contributed by atoms with Gasteiger partial charge in [-0.15, -0.1) is 0 Å². The zero-order valence-corrected chi connectivity index (χ0v) is 13.4. The van der Waals surface area contributed by atoms with Crippen molar-refractivity contribution in [2.24, 2.45) is 0 Å². The molecule has 2 N–H and O–H groups in total. The average molecular weight is 362 g/mol. The van der Waals surface area contributed by atoms with E-state index in [4.69, 9.17) is 0 Å². The molecule has 23 heavy (non-hydrogen) atoms. The first-order valence-electron chi connectivity index (χ1n) is 6.13. The van der Waals surface area contributed by atoms with Gasteiger partial charge in [0.05, 0.1) is 6.26 Å². The minimum atomic E-state index is -4.46. The molecule has 2 rings (SSSR count). The van der Waals surface area contributed by atoms with Gasteiger partial charge in [0.1, 0.15) is 11.6 Å². The summed E-state index contributed by atoms with van der Waals surface area (Å²) in [6.45, 7) is 0. The Bertz CT molecular complexity index is 907. The monoisotopic (exact) mass is 362 g/mol. The van der Waals surface area contributed by atoms with E-state index in [9.17, 15) is 25.6 Å². The number of hydrogen-bond donors (Lipinski definition) is 2. The van der Waals surface area contributed by atoms with Crippen molar-refractivity contribution in [3.63, 3.8) is 0 Å².